The molecule has 0 bridgehead atoms. The number of aromatic nitrogens is 6. The molecule has 2 aliphatic rings. The highest BCUT2D eigenvalue weighted by Crippen LogP contribution is 2.64. The molecule has 58 heavy (non-hydrogen) atoms. The second-order valence-electron chi connectivity index (χ2n) is 15.8. The minimum Gasteiger partial charge on any atom is -0.308 e. The van der Waals surface area contributed by atoms with Gasteiger partial charge >= 0.3 is 0 Å². The number of benzene rings is 4. The normalized spacial score (nSPS) is 17.6. The zero-order valence-corrected chi connectivity index (χ0v) is 32.0. The van der Waals surface area contributed by atoms with Gasteiger partial charge in [-0.15, -0.1) is 0 Å². The van der Waals surface area contributed by atoms with Crippen LogP contribution in [0.5, 0.6) is 0 Å². The predicted octanol–water partition coefficient (Wildman–Crippen LogP) is 11.8. The Hall–Kier alpha value is -7.44. The number of hydrogen-bond donors (Lipinski definition) is 0. The summed E-state index contributed by atoms with van der Waals surface area (Å²) in [6, 6.07) is 56.4. The van der Waals surface area contributed by atoms with E-state index in [4.69, 9.17) is 19.9 Å². The predicted molar refractivity (Wildman–Crippen MR) is 232 cm³/mol. The van der Waals surface area contributed by atoms with Gasteiger partial charge < -0.3 is 9.13 Å². The maximum atomic E-state index is 5.33. The second kappa shape index (κ2) is 12.0. The van der Waals surface area contributed by atoms with Gasteiger partial charge in [0.25, 0.3) is 0 Å². The van der Waals surface area contributed by atoms with Crippen molar-refractivity contribution < 1.29 is 0 Å². The van der Waals surface area contributed by atoms with E-state index in [2.05, 4.69) is 181 Å². The summed E-state index contributed by atoms with van der Waals surface area (Å²) in [5.74, 6) is 0. The largest absolute Gasteiger partial charge is 0.308 e. The summed E-state index contributed by atoms with van der Waals surface area (Å²) in [5, 5.41) is 2.36. The summed E-state index contributed by atoms with van der Waals surface area (Å²) in [6.45, 7) is 4.77. The molecule has 0 saturated heterocycles. The number of hydrogen-bond acceptors (Lipinski definition) is 4. The quantitative estimate of drug-likeness (QED) is 0.176. The zero-order valence-electron chi connectivity index (χ0n) is 32.0. The monoisotopic (exact) mass is 744 g/mol. The number of pyridine rings is 4. The molecule has 0 fully saturated rings. The summed E-state index contributed by atoms with van der Waals surface area (Å²) in [7, 11) is 0. The average Bonchev–Trinajstić information content (AvgIpc) is 4.01. The minimum atomic E-state index is -0.630. The fraction of sp³-hybridized carbons (Fsp3) is 0.0769. The van der Waals surface area contributed by atoms with Crippen molar-refractivity contribution in [3.05, 3.63) is 205 Å². The van der Waals surface area contributed by atoms with Crippen LogP contribution in [0.25, 0.3) is 78.5 Å². The van der Waals surface area contributed by atoms with Crippen LogP contribution in [0.1, 0.15) is 36.1 Å². The Labute approximate surface area is 335 Å². The van der Waals surface area contributed by atoms with Gasteiger partial charge in [0.15, 0.2) is 0 Å². The van der Waals surface area contributed by atoms with Crippen molar-refractivity contribution >= 4 is 21.8 Å². The highest BCUT2D eigenvalue weighted by atomic mass is 15.0. The summed E-state index contributed by atoms with van der Waals surface area (Å²) in [5.41, 5.74) is 15.7. The third-order valence-corrected chi connectivity index (χ3v) is 13.0. The van der Waals surface area contributed by atoms with Crippen molar-refractivity contribution in [2.24, 2.45) is 0 Å². The van der Waals surface area contributed by atoms with E-state index < -0.39 is 10.8 Å². The first-order valence-corrected chi connectivity index (χ1v) is 19.8. The number of rotatable bonds is 5. The van der Waals surface area contributed by atoms with Gasteiger partial charge in [0.05, 0.1) is 69.0 Å². The summed E-state index contributed by atoms with van der Waals surface area (Å²) >= 11 is 0. The van der Waals surface area contributed by atoms with Crippen LogP contribution >= 0.6 is 0 Å². The maximum absolute atomic E-state index is 5.33. The maximum Gasteiger partial charge on any atom is 0.0932 e. The van der Waals surface area contributed by atoms with Gasteiger partial charge in [0.1, 0.15) is 0 Å². The lowest BCUT2D eigenvalue weighted by Crippen LogP contribution is -2.44. The molecule has 0 aliphatic heterocycles. The van der Waals surface area contributed by atoms with Crippen molar-refractivity contribution in [1.29, 1.82) is 0 Å². The Morgan fingerprint density at radius 1 is 0.379 bits per heavy atom. The smallest absolute Gasteiger partial charge is 0.0932 e. The molecule has 0 radical (unpaired) electrons. The first-order chi connectivity index (χ1) is 28.5. The molecule has 12 rings (SSSR count). The van der Waals surface area contributed by atoms with Crippen LogP contribution in [-0.4, -0.2) is 29.1 Å². The molecule has 4 aromatic carbocycles. The Balaban J connectivity index is 1.13. The molecule has 6 heteroatoms. The Morgan fingerprint density at radius 3 is 1.22 bits per heavy atom. The molecule has 2 aliphatic carbocycles. The van der Waals surface area contributed by atoms with Gasteiger partial charge in [-0.25, -0.2) is 0 Å². The molecule has 2 atom stereocenters. The van der Waals surface area contributed by atoms with E-state index >= 15 is 0 Å². The van der Waals surface area contributed by atoms with E-state index in [1.54, 1.807) is 0 Å². The fourth-order valence-corrected chi connectivity index (χ4v) is 10.2. The van der Waals surface area contributed by atoms with E-state index in [1.807, 2.05) is 24.8 Å². The molecule has 0 saturated carbocycles. The van der Waals surface area contributed by atoms with Crippen molar-refractivity contribution in [2.45, 2.75) is 24.7 Å². The molecule has 0 spiro atoms. The van der Waals surface area contributed by atoms with Crippen molar-refractivity contribution in [1.82, 2.24) is 29.1 Å². The van der Waals surface area contributed by atoms with Gasteiger partial charge in [0.2, 0.25) is 0 Å². The average molecular weight is 745 g/mol. The van der Waals surface area contributed by atoms with Crippen LogP contribution in [0.15, 0.2) is 183 Å². The third kappa shape index (κ3) is 4.31. The van der Waals surface area contributed by atoms with Crippen LogP contribution in [0, 0.1) is 0 Å². The Kier molecular flexibility index (Phi) is 6.80. The van der Waals surface area contributed by atoms with Crippen LogP contribution in [-0.2, 0) is 10.8 Å². The Bertz CT molecular complexity index is 3050. The molecule has 0 amide bonds. The Morgan fingerprint density at radius 2 is 0.776 bits per heavy atom. The summed E-state index contributed by atoms with van der Waals surface area (Å²) in [4.78, 5) is 20.8. The van der Waals surface area contributed by atoms with Gasteiger partial charge in [-0.2, -0.15) is 0 Å². The lowest BCUT2D eigenvalue weighted by atomic mass is 9.57. The van der Waals surface area contributed by atoms with E-state index in [9.17, 15) is 0 Å². The third-order valence-electron chi connectivity index (χ3n) is 13.0. The molecular formula is C52H36N6. The molecule has 274 valence electrons. The van der Waals surface area contributed by atoms with E-state index in [-0.39, 0.29) is 0 Å². The standard InChI is InChI=1S/C52H36N6/c1-51(39-21-13-25-53-47(39)49-41(51)29-37(31-55-49)57-43-23-11-9-19-35(43)27-45(57)33-15-5-3-6-16-33)52(2)40-22-14-26-54-48(40)50-42(52)30-38(32-56-50)58-44-24-12-10-20-36(44)28-46(58)34-17-7-4-8-18-34/h3-32H,1-2H3. The van der Waals surface area contributed by atoms with Crippen LogP contribution in [0.2, 0.25) is 0 Å². The minimum absolute atomic E-state index is 0.630. The van der Waals surface area contributed by atoms with Gasteiger partial charge in [0, 0.05) is 34.0 Å². The highest BCUT2D eigenvalue weighted by molar-refractivity contribution is 5.92. The fourth-order valence-electron chi connectivity index (χ4n) is 10.2. The van der Waals surface area contributed by atoms with E-state index in [0.29, 0.717) is 0 Å². The highest BCUT2D eigenvalue weighted by Gasteiger charge is 2.59. The van der Waals surface area contributed by atoms with Crippen LogP contribution < -0.4 is 0 Å². The number of para-hydroxylation sites is 2. The molecule has 6 aromatic heterocycles. The number of nitrogens with zero attached hydrogens (tertiary/aromatic N) is 6. The van der Waals surface area contributed by atoms with Crippen LogP contribution in [0.3, 0.4) is 0 Å². The zero-order chi connectivity index (χ0) is 38.6. The lowest BCUT2D eigenvalue weighted by Gasteiger charge is -2.44. The van der Waals surface area contributed by atoms with Crippen molar-refractivity contribution in [3.63, 3.8) is 0 Å². The number of fused-ring (bicyclic) bond motifs is 8. The molecule has 0 N–H and O–H groups in total. The van der Waals surface area contributed by atoms with Gasteiger partial charge in [-0.3, -0.25) is 19.9 Å². The SMILES string of the molecule is CC1(C2(C)c3cccnc3-c3ncc(-n4c(-c5ccccc5)cc5ccccc54)cc32)c2cccnc2-c2ncc(-n3c(-c4ccccc4)cc4ccccc43)cc21. The van der Waals surface area contributed by atoms with E-state index in [1.165, 1.54) is 10.8 Å². The first-order valence-electron chi connectivity index (χ1n) is 19.8. The topological polar surface area (TPSA) is 61.4 Å². The van der Waals surface area contributed by atoms with E-state index in [0.717, 1.165) is 90.0 Å². The van der Waals surface area contributed by atoms with Gasteiger partial charge in [-0.05, 0) is 81.9 Å². The molecule has 6 heterocycles. The van der Waals surface area contributed by atoms with Crippen LogP contribution in [0.4, 0.5) is 0 Å². The van der Waals surface area contributed by atoms with Crippen molar-refractivity contribution in [3.8, 4) is 56.7 Å². The van der Waals surface area contributed by atoms with Crippen molar-refractivity contribution in [2.75, 3.05) is 0 Å². The molecule has 2 unspecified atom stereocenters. The molecule has 10 aromatic rings. The lowest BCUT2D eigenvalue weighted by molar-refractivity contribution is 0.374. The summed E-state index contributed by atoms with van der Waals surface area (Å²) in [6.07, 6.45) is 7.81. The molecular weight excluding hydrogens is 709 g/mol. The first kappa shape index (κ1) is 32.8. The summed E-state index contributed by atoms with van der Waals surface area (Å²) < 4.78 is 4.72. The van der Waals surface area contributed by atoms with Gasteiger partial charge in [-0.1, -0.05) is 123 Å². The second-order valence-corrected chi connectivity index (χ2v) is 15.8. The molecule has 6 nitrogen and oxygen atoms in total.